The third-order valence-electron chi connectivity index (χ3n) is 1.36. The van der Waals surface area contributed by atoms with Gasteiger partial charge in [-0.2, -0.15) is 0 Å². The Morgan fingerprint density at radius 3 is 3.00 bits per heavy atom. The Bertz CT molecular complexity index is 381. The fourth-order valence-electron chi connectivity index (χ4n) is 0.830. The number of imidazole rings is 1. The molecule has 0 bridgehead atoms. The number of H-pyrrole nitrogens is 1. The van der Waals surface area contributed by atoms with E-state index in [1.54, 1.807) is 24.0 Å². The molecule has 0 aromatic carbocycles. The van der Waals surface area contributed by atoms with Crippen molar-refractivity contribution < 1.29 is 4.79 Å². The number of aromatic nitrogens is 3. The Kier molecular flexibility index (Phi) is 2.05. The van der Waals surface area contributed by atoms with Crippen LogP contribution in [0.15, 0.2) is 24.0 Å². The van der Waals surface area contributed by atoms with Crippen molar-refractivity contribution in [2.45, 2.75) is 0 Å². The normalized spacial score (nSPS) is 9.85. The number of carbonyl (C=O) groups excluding carboxylic acids is 1. The second kappa shape index (κ2) is 3.36. The Labute approximate surface area is 77.9 Å². The smallest absolute Gasteiger partial charge is 0.286 e. The fraction of sp³-hybridized carbons (Fsp3) is 0. The van der Waals surface area contributed by atoms with Gasteiger partial charge in [0.1, 0.15) is 0 Å². The van der Waals surface area contributed by atoms with Gasteiger partial charge in [-0.15, -0.1) is 11.3 Å². The van der Waals surface area contributed by atoms with E-state index < -0.39 is 0 Å². The summed E-state index contributed by atoms with van der Waals surface area (Å²) in [5.41, 5.74) is 0. The van der Waals surface area contributed by atoms with Gasteiger partial charge in [-0.05, 0) is 0 Å². The zero-order valence-corrected chi connectivity index (χ0v) is 7.34. The molecule has 6 heteroatoms. The Balaban J connectivity index is 2.08. The van der Waals surface area contributed by atoms with Gasteiger partial charge in [0.15, 0.2) is 5.01 Å². The molecule has 0 saturated carbocycles. The molecule has 66 valence electrons. The third-order valence-corrected chi connectivity index (χ3v) is 2.13. The summed E-state index contributed by atoms with van der Waals surface area (Å²) in [5.74, 6) is 0.185. The summed E-state index contributed by atoms with van der Waals surface area (Å²) in [5, 5.41) is 4.74. The molecule has 0 aliphatic rings. The van der Waals surface area contributed by atoms with Crippen molar-refractivity contribution in [2.75, 3.05) is 5.32 Å². The number of nitrogens with one attached hydrogen (secondary N) is 2. The first-order valence-electron chi connectivity index (χ1n) is 3.56. The van der Waals surface area contributed by atoms with E-state index in [9.17, 15) is 4.79 Å². The van der Waals surface area contributed by atoms with Crippen LogP contribution in [0.4, 0.5) is 5.95 Å². The maximum Gasteiger partial charge on any atom is 0.286 e. The number of thiazole rings is 1. The van der Waals surface area contributed by atoms with Crippen LogP contribution in [0, 0.1) is 0 Å². The van der Waals surface area contributed by atoms with Gasteiger partial charge in [-0.3, -0.25) is 10.1 Å². The van der Waals surface area contributed by atoms with Gasteiger partial charge in [0, 0.05) is 24.0 Å². The number of hydrogen-bond acceptors (Lipinski definition) is 4. The monoisotopic (exact) mass is 194 g/mol. The van der Waals surface area contributed by atoms with Crippen molar-refractivity contribution >= 4 is 23.2 Å². The summed E-state index contributed by atoms with van der Waals surface area (Å²) >= 11 is 1.29. The zero-order chi connectivity index (χ0) is 9.10. The van der Waals surface area contributed by atoms with E-state index in [2.05, 4.69) is 20.3 Å². The summed E-state index contributed by atoms with van der Waals surface area (Å²) in [6.07, 6.45) is 4.79. The summed E-state index contributed by atoms with van der Waals surface area (Å²) in [7, 11) is 0. The predicted octanol–water partition coefficient (Wildman–Crippen LogP) is 1.12. The van der Waals surface area contributed by atoms with Crippen LogP contribution in [-0.2, 0) is 0 Å². The molecule has 2 aromatic rings. The number of hydrogen-bond donors (Lipinski definition) is 2. The number of anilines is 1. The van der Waals surface area contributed by atoms with Gasteiger partial charge in [0.2, 0.25) is 5.95 Å². The average molecular weight is 194 g/mol. The Hall–Kier alpha value is -1.69. The Morgan fingerprint density at radius 2 is 2.38 bits per heavy atom. The molecule has 1 amide bonds. The van der Waals surface area contributed by atoms with E-state index in [4.69, 9.17) is 0 Å². The molecule has 0 spiro atoms. The lowest BCUT2D eigenvalue weighted by Gasteiger charge is -1.96. The van der Waals surface area contributed by atoms with Crippen LogP contribution in [0.2, 0.25) is 0 Å². The van der Waals surface area contributed by atoms with Gasteiger partial charge < -0.3 is 4.98 Å². The van der Waals surface area contributed by atoms with Crippen LogP contribution < -0.4 is 5.32 Å². The minimum Gasteiger partial charge on any atom is -0.331 e. The van der Waals surface area contributed by atoms with Crippen molar-refractivity contribution in [3.63, 3.8) is 0 Å². The van der Waals surface area contributed by atoms with Crippen LogP contribution in [0.1, 0.15) is 9.80 Å². The fourth-order valence-corrected chi connectivity index (χ4v) is 1.36. The highest BCUT2D eigenvalue weighted by molar-refractivity contribution is 7.11. The van der Waals surface area contributed by atoms with Crippen LogP contribution in [0.3, 0.4) is 0 Å². The molecule has 0 atom stereocenters. The number of carbonyl (C=O) groups is 1. The summed E-state index contributed by atoms with van der Waals surface area (Å²) < 4.78 is 0. The molecule has 2 heterocycles. The number of amides is 1. The van der Waals surface area contributed by atoms with E-state index in [0.717, 1.165) is 0 Å². The molecule has 0 fully saturated rings. The van der Waals surface area contributed by atoms with Gasteiger partial charge in [-0.1, -0.05) is 0 Å². The molecule has 2 N–H and O–H groups in total. The quantitative estimate of drug-likeness (QED) is 0.752. The predicted molar refractivity (Wildman–Crippen MR) is 48.7 cm³/mol. The van der Waals surface area contributed by atoms with Crippen molar-refractivity contribution in [3.8, 4) is 0 Å². The second-order valence-corrected chi connectivity index (χ2v) is 3.12. The lowest BCUT2D eigenvalue weighted by Crippen LogP contribution is -2.12. The van der Waals surface area contributed by atoms with Crippen molar-refractivity contribution in [3.05, 3.63) is 29.0 Å². The molecule has 0 unspecified atom stereocenters. The highest BCUT2D eigenvalue weighted by atomic mass is 32.1. The van der Waals surface area contributed by atoms with Crippen molar-refractivity contribution in [1.29, 1.82) is 0 Å². The van der Waals surface area contributed by atoms with E-state index in [1.807, 2.05) is 0 Å². The molecule has 0 aliphatic carbocycles. The highest BCUT2D eigenvalue weighted by Crippen LogP contribution is 2.06. The number of aromatic amines is 1. The summed E-state index contributed by atoms with van der Waals surface area (Å²) in [6.45, 7) is 0. The molecule has 2 aromatic heterocycles. The van der Waals surface area contributed by atoms with E-state index in [-0.39, 0.29) is 5.91 Å². The van der Waals surface area contributed by atoms with Crippen LogP contribution in [-0.4, -0.2) is 20.9 Å². The summed E-state index contributed by atoms with van der Waals surface area (Å²) in [6, 6.07) is 0. The molecule has 2 rings (SSSR count). The maximum atomic E-state index is 11.3. The average Bonchev–Trinajstić information content (AvgIpc) is 2.74. The summed E-state index contributed by atoms with van der Waals surface area (Å²) in [4.78, 5) is 21.8. The van der Waals surface area contributed by atoms with Crippen molar-refractivity contribution in [2.24, 2.45) is 0 Å². The SMILES string of the molecule is O=C(Nc1ncc[nH]1)c1nccs1. The maximum absolute atomic E-state index is 11.3. The molecular weight excluding hydrogens is 188 g/mol. The lowest BCUT2D eigenvalue weighted by molar-refractivity contribution is 0.102. The molecular formula is C7H6N4OS. The minimum absolute atomic E-state index is 0.245. The van der Waals surface area contributed by atoms with Gasteiger partial charge in [-0.25, -0.2) is 9.97 Å². The van der Waals surface area contributed by atoms with Gasteiger partial charge in [0.05, 0.1) is 0 Å². The Morgan fingerprint density at radius 1 is 1.46 bits per heavy atom. The number of rotatable bonds is 2. The first kappa shape index (κ1) is 7.93. The van der Waals surface area contributed by atoms with E-state index in [1.165, 1.54) is 11.3 Å². The van der Waals surface area contributed by atoms with Crippen LogP contribution in [0.5, 0.6) is 0 Å². The molecule has 0 radical (unpaired) electrons. The standard InChI is InChI=1S/C7H6N4OS/c12-5(6-8-3-4-13-6)11-7-9-1-2-10-7/h1-4H,(H2,9,10,11,12). The van der Waals surface area contributed by atoms with Crippen LogP contribution >= 0.6 is 11.3 Å². The first-order chi connectivity index (χ1) is 6.36. The largest absolute Gasteiger partial charge is 0.331 e. The molecule has 0 saturated heterocycles. The molecule has 0 aliphatic heterocycles. The number of nitrogens with zero attached hydrogens (tertiary/aromatic N) is 2. The zero-order valence-electron chi connectivity index (χ0n) is 6.52. The van der Waals surface area contributed by atoms with E-state index >= 15 is 0 Å². The molecule has 5 nitrogen and oxygen atoms in total. The second-order valence-electron chi connectivity index (χ2n) is 2.23. The highest BCUT2D eigenvalue weighted by Gasteiger charge is 2.08. The molecule has 13 heavy (non-hydrogen) atoms. The van der Waals surface area contributed by atoms with E-state index in [0.29, 0.717) is 11.0 Å². The first-order valence-corrected chi connectivity index (χ1v) is 4.44. The van der Waals surface area contributed by atoms with Gasteiger partial charge >= 0.3 is 0 Å². The minimum atomic E-state index is -0.245. The van der Waals surface area contributed by atoms with Crippen LogP contribution in [0.25, 0.3) is 0 Å². The lowest BCUT2D eigenvalue weighted by atomic mass is 10.6. The third kappa shape index (κ3) is 1.73. The topological polar surface area (TPSA) is 70.7 Å². The van der Waals surface area contributed by atoms with Gasteiger partial charge in [0.25, 0.3) is 5.91 Å². The van der Waals surface area contributed by atoms with Crippen molar-refractivity contribution in [1.82, 2.24) is 15.0 Å².